The Labute approximate surface area is 145 Å². The van der Waals surface area contributed by atoms with Crippen LogP contribution in [-0.4, -0.2) is 43.1 Å². The highest BCUT2D eigenvalue weighted by Gasteiger charge is 2.26. The van der Waals surface area contributed by atoms with E-state index >= 15 is 0 Å². The lowest BCUT2D eigenvalue weighted by atomic mass is 10.0. The van der Waals surface area contributed by atoms with Crippen molar-refractivity contribution < 1.29 is 9.53 Å². The number of likely N-dealkylation sites (tertiary alicyclic amines) is 1. The van der Waals surface area contributed by atoms with E-state index in [2.05, 4.69) is 19.2 Å². The third-order valence-corrected chi connectivity index (χ3v) is 4.84. The van der Waals surface area contributed by atoms with Crippen LogP contribution in [0.5, 0.6) is 5.75 Å². The first-order chi connectivity index (χ1) is 11.6. The fourth-order valence-electron chi connectivity index (χ4n) is 3.11. The van der Waals surface area contributed by atoms with Gasteiger partial charge in [-0.05, 0) is 62.3 Å². The maximum absolute atomic E-state index is 12.7. The molecule has 2 aliphatic rings. The average molecular weight is 330 g/mol. The van der Waals surface area contributed by atoms with Crippen molar-refractivity contribution in [2.45, 2.75) is 45.6 Å². The fourth-order valence-corrected chi connectivity index (χ4v) is 3.11. The number of carbonyl (C=O) groups excluding carboxylic acids is 1. The van der Waals surface area contributed by atoms with E-state index in [9.17, 15) is 4.79 Å². The molecule has 0 atom stereocenters. The second-order valence-electron chi connectivity index (χ2n) is 7.65. The summed E-state index contributed by atoms with van der Waals surface area (Å²) in [7, 11) is 0. The number of carbonyl (C=O) groups is 1. The number of rotatable bonds is 7. The third-order valence-electron chi connectivity index (χ3n) is 4.84. The van der Waals surface area contributed by atoms with Crippen LogP contribution in [0.15, 0.2) is 24.3 Å². The first-order valence-electron chi connectivity index (χ1n) is 9.37. The van der Waals surface area contributed by atoms with E-state index in [-0.39, 0.29) is 5.91 Å². The van der Waals surface area contributed by atoms with E-state index in [0.29, 0.717) is 18.6 Å². The zero-order valence-corrected chi connectivity index (χ0v) is 15.0. The normalized spacial score (nSPS) is 18.9. The van der Waals surface area contributed by atoms with E-state index in [1.165, 1.54) is 12.8 Å². The van der Waals surface area contributed by atoms with Gasteiger partial charge in [0, 0.05) is 24.7 Å². The quantitative estimate of drug-likeness (QED) is 0.834. The highest BCUT2D eigenvalue weighted by molar-refractivity contribution is 5.94. The lowest BCUT2D eigenvalue weighted by molar-refractivity contribution is 0.0704. The second-order valence-corrected chi connectivity index (χ2v) is 7.65. The summed E-state index contributed by atoms with van der Waals surface area (Å²) >= 11 is 0. The number of benzene rings is 1. The van der Waals surface area contributed by atoms with Crippen LogP contribution in [0, 0.1) is 11.8 Å². The molecule has 0 radical (unpaired) electrons. The summed E-state index contributed by atoms with van der Waals surface area (Å²) in [6.45, 7) is 7.77. The molecular formula is C20H30N2O2. The van der Waals surface area contributed by atoms with Crippen molar-refractivity contribution in [1.29, 1.82) is 0 Å². The topological polar surface area (TPSA) is 41.6 Å². The van der Waals surface area contributed by atoms with Gasteiger partial charge in [0.05, 0.1) is 6.61 Å². The molecule has 1 aromatic carbocycles. The summed E-state index contributed by atoms with van der Waals surface area (Å²) in [6, 6.07) is 8.18. The molecule has 1 aliphatic heterocycles. The molecule has 3 rings (SSSR count). The SMILES string of the molecule is CC(C)COc1cccc(C(=O)N2CCC(NCC3CC3)CC2)c1. The molecule has 1 aromatic rings. The maximum atomic E-state index is 12.7. The molecule has 0 spiro atoms. The van der Waals surface area contributed by atoms with Crippen molar-refractivity contribution >= 4 is 5.91 Å². The summed E-state index contributed by atoms with van der Waals surface area (Å²) < 4.78 is 5.74. The minimum absolute atomic E-state index is 0.130. The predicted octanol–water partition coefficient (Wildman–Crippen LogP) is 3.33. The van der Waals surface area contributed by atoms with Crippen molar-refractivity contribution in [3.63, 3.8) is 0 Å². The predicted molar refractivity (Wildman–Crippen MR) is 96.4 cm³/mol. The molecule has 1 aliphatic carbocycles. The Morgan fingerprint density at radius 3 is 2.67 bits per heavy atom. The summed E-state index contributed by atoms with van der Waals surface area (Å²) in [6.07, 6.45) is 4.89. The van der Waals surface area contributed by atoms with Gasteiger partial charge in [-0.2, -0.15) is 0 Å². The molecule has 1 heterocycles. The van der Waals surface area contributed by atoms with Gasteiger partial charge in [-0.25, -0.2) is 0 Å². The molecule has 4 heteroatoms. The maximum Gasteiger partial charge on any atom is 0.253 e. The highest BCUT2D eigenvalue weighted by Crippen LogP contribution is 2.28. The van der Waals surface area contributed by atoms with Crippen LogP contribution in [-0.2, 0) is 0 Å². The van der Waals surface area contributed by atoms with E-state index in [4.69, 9.17) is 4.74 Å². The van der Waals surface area contributed by atoms with Gasteiger partial charge in [-0.3, -0.25) is 4.79 Å². The lowest BCUT2D eigenvalue weighted by Gasteiger charge is -2.32. The van der Waals surface area contributed by atoms with Crippen LogP contribution in [0.1, 0.15) is 49.9 Å². The Morgan fingerprint density at radius 2 is 2.00 bits per heavy atom. The standard InChI is InChI=1S/C20H30N2O2/c1-15(2)14-24-19-5-3-4-17(12-19)20(23)22-10-8-18(9-11-22)21-13-16-6-7-16/h3-5,12,15-16,18,21H,6-11,13-14H2,1-2H3. The summed E-state index contributed by atoms with van der Waals surface area (Å²) in [5, 5.41) is 3.66. The van der Waals surface area contributed by atoms with Crippen LogP contribution in [0.2, 0.25) is 0 Å². The molecule has 24 heavy (non-hydrogen) atoms. The van der Waals surface area contributed by atoms with Crippen LogP contribution < -0.4 is 10.1 Å². The Hall–Kier alpha value is -1.55. The molecule has 1 saturated carbocycles. The molecule has 0 aromatic heterocycles. The van der Waals surface area contributed by atoms with Crippen molar-refractivity contribution in [1.82, 2.24) is 10.2 Å². The van der Waals surface area contributed by atoms with Crippen LogP contribution in [0.3, 0.4) is 0 Å². The number of hydrogen-bond donors (Lipinski definition) is 1. The number of nitrogens with zero attached hydrogens (tertiary/aromatic N) is 1. The minimum atomic E-state index is 0.130. The van der Waals surface area contributed by atoms with Crippen molar-refractivity contribution in [3.8, 4) is 5.75 Å². The van der Waals surface area contributed by atoms with Gasteiger partial charge in [0.25, 0.3) is 5.91 Å². The van der Waals surface area contributed by atoms with Crippen LogP contribution in [0.25, 0.3) is 0 Å². The van der Waals surface area contributed by atoms with E-state index in [1.807, 2.05) is 29.2 Å². The molecule has 132 valence electrons. The van der Waals surface area contributed by atoms with Crippen LogP contribution >= 0.6 is 0 Å². The number of nitrogens with one attached hydrogen (secondary N) is 1. The summed E-state index contributed by atoms with van der Waals surface area (Å²) in [5.41, 5.74) is 0.737. The number of hydrogen-bond acceptors (Lipinski definition) is 3. The monoisotopic (exact) mass is 330 g/mol. The average Bonchev–Trinajstić information content (AvgIpc) is 3.43. The Kier molecular flexibility index (Phi) is 5.77. The van der Waals surface area contributed by atoms with Gasteiger partial charge >= 0.3 is 0 Å². The number of piperidine rings is 1. The van der Waals surface area contributed by atoms with E-state index in [1.54, 1.807) is 0 Å². The van der Waals surface area contributed by atoms with E-state index in [0.717, 1.165) is 49.7 Å². The van der Waals surface area contributed by atoms with E-state index < -0.39 is 0 Å². The second kappa shape index (κ2) is 8.02. The molecule has 2 fully saturated rings. The molecule has 0 unspecified atom stereocenters. The molecule has 1 saturated heterocycles. The van der Waals surface area contributed by atoms with Crippen molar-refractivity contribution in [3.05, 3.63) is 29.8 Å². The summed E-state index contributed by atoms with van der Waals surface area (Å²) in [4.78, 5) is 14.7. The molecule has 1 N–H and O–H groups in total. The van der Waals surface area contributed by atoms with Crippen molar-refractivity contribution in [2.24, 2.45) is 11.8 Å². The Bertz CT molecular complexity index is 546. The molecular weight excluding hydrogens is 300 g/mol. The Balaban J connectivity index is 1.50. The number of ether oxygens (including phenoxy) is 1. The lowest BCUT2D eigenvalue weighted by Crippen LogP contribution is -2.45. The van der Waals surface area contributed by atoms with Gasteiger partial charge < -0.3 is 15.0 Å². The zero-order valence-electron chi connectivity index (χ0n) is 15.0. The smallest absolute Gasteiger partial charge is 0.253 e. The van der Waals surface area contributed by atoms with Gasteiger partial charge in [0.2, 0.25) is 0 Å². The van der Waals surface area contributed by atoms with Gasteiger partial charge in [0.15, 0.2) is 0 Å². The number of amides is 1. The van der Waals surface area contributed by atoms with Crippen LogP contribution in [0.4, 0.5) is 0 Å². The molecule has 0 bridgehead atoms. The highest BCUT2D eigenvalue weighted by atomic mass is 16.5. The Morgan fingerprint density at radius 1 is 1.25 bits per heavy atom. The van der Waals surface area contributed by atoms with Crippen molar-refractivity contribution in [2.75, 3.05) is 26.2 Å². The fraction of sp³-hybridized carbons (Fsp3) is 0.650. The minimum Gasteiger partial charge on any atom is -0.493 e. The molecule has 4 nitrogen and oxygen atoms in total. The third kappa shape index (κ3) is 4.97. The first kappa shape index (κ1) is 17.3. The van der Waals surface area contributed by atoms with Gasteiger partial charge in [-0.15, -0.1) is 0 Å². The zero-order chi connectivity index (χ0) is 16.9. The molecule has 1 amide bonds. The summed E-state index contributed by atoms with van der Waals surface area (Å²) in [5.74, 6) is 2.31. The van der Waals surface area contributed by atoms with Gasteiger partial charge in [-0.1, -0.05) is 19.9 Å². The first-order valence-corrected chi connectivity index (χ1v) is 9.37. The largest absolute Gasteiger partial charge is 0.493 e. The van der Waals surface area contributed by atoms with Gasteiger partial charge in [0.1, 0.15) is 5.75 Å².